The normalized spacial score (nSPS) is 11.5. The largest absolute Gasteiger partial charge is 0.876 e. The topological polar surface area (TPSA) is 23.1 Å². The molecule has 0 aliphatic carbocycles. The van der Waals surface area contributed by atoms with Gasteiger partial charge in [-0.3, -0.25) is 0 Å². The minimum atomic E-state index is -4.75. The van der Waals surface area contributed by atoms with Gasteiger partial charge in [0.2, 0.25) is 0 Å². The fourth-order valence-electron chi connectivity index (χ4n) is 1.13. The SMILES string of the molecule is C=C([O-])Cc1ccc(F)c(C(F)(F)F)c1. The first-order chi connectivity index (χ1) is 6.80. The molecule has 0 unspecified atom stereocenters. The highest BCUT2D eigenvalue weighted by Gasteiger charge is 2.33. The minimum Gasteiger partial charge on any atom is -0.876 e. The second-order valence-corrected chi connectivity index (χ2v) is 3.03. The molecule has 1 aromatic carbocycles. The summed E-state index contributed by atoms with van der Waals surface area (Å²) in [4.78, 5) is 0. The monoisotopic (exact) mass is 219 g/mol. The zero-order chi connectivity index (χ0) is 11.6. The highest BCUT2D eigenvalue weighted by Crippen LogP contribution is 2.32. The van der Waals surface area contributed by atoms with Crippen LogP contribution in [0.15, 0.2) is 30.5 Å². The van der Waals surface area contributed by atoms with Crippen LogP contribution in [0.3, 0.4) is 0 Å². The lowest BCUT2D eigenvalue weighted by Gasteiger charge is -2.12. The van der Waals surface area contributed by atoms with E-state index in [-0.39, 0.29) is 12.0 Å². The molecule has 0 aliphatic heterocycles. The molecular formula is C10H7F4O-. The number of alkyl halides is 3. The van der Waals surface area contributed by atoms with Crippen molar-refractivity contribution in [3.8, 4) is 0 Å². The summed E-state index contributed by atoms with van der Waals surface area (Å²) >= 11 is 0. The molecule has 0 saturated heterocycles. The van der Waals surface area contributed by atoms with Crippen LogP contribution in [0.25, 0.3) is 0 Å². The van der Waals surface area contributed by atoms with Gasteiger partial charge in [0.05, 0.1) is 5.56 Å². The van der Waals surface area contributed by atoms with Crippen LogP contribution >= 0.6 is 0 Å². The molecule has 1 nitrogen and oxygen atoms in total. The maximum absolute atomic E-state index is 12.8. The number of halogens is 4. The van der Waals surface area contributed by atoms with Crippen molar-refractivity contribution in [1.29, 1.82) is 0 Å². The predicted octanol–water partition coefficient (Wildman–Crippen LogP) is 2.26. The van der Waals surface area contributed by atoms with Crippen LogP contribution in [0.4, 0.5) is 17.6 Å². The molecule has 1 aromatic rings. The van der Waals surface area contributed by atoms with E-state index in [9.17, 15) is 22.7 Å². The molecule has 0 radical (unpaired) electrons. The van der Waals surface area contributed by atoms with Gasteiger partial charge in [0.25, 0.3) is 0 Å². The van der Waals surface area contributed by atoms with E-state index in [1.807, 2.05) is 0 Å². The minimum absolute atomic E-state index is 0.101. The molecule has 0 saturated carbocycles. The molecule has 0 amide bonds. The summed E-state index contributed by atoms with van der Waals surface area (Å²) in [5.74, 6) is -1.86. The Kier molecular flexibility index (Phi) is 3.02. The molecule has 0 fully saturated rings. The Morgan fingerprint density at radius 3 is 2.40 bits per heavy atom. The van der Waals surface area contributed by atoms with Gasteiger partial charge in [-0.1, -0.05) is 6.07 Å². The lowest BCUT2D eigenvalue weighted by Crippen LogP contribution is -2.10. The Labute approximate surface area is 83.7 Å². The predicted molar refractivity (Wildman–Crippen MR) is 44.2 cm³/mol. The summed E-state index contributed by atoms with van der Waals surface area (Å²) < 4.78 is 49.5. The smallest absolute Gasteiger partial charge is 0.419 e. The first-order valence-corrected chi connectivity index (χ1v) is 4.01. The Hall–Kier alpha value is -1.52. The summed E-state index contributed by atoms with van der Waals surface area (Å²) in [6, 6.07) is 2.45. The zero-order valence-corrected chi connectivity index (χ0v) is 7.57. The maximum atomic E-state index is 12.8. The average Bonchev–Trinajstić information content (AvgIpc) is 2.05. The van der Waals surface area contributed by atoms with Crippen molar-refractivity contribution < 1.29 is 22.7 Å². The van der Waals surface area contributed by atoms with E-state index in [1.54, 1.807) is 0 Å². The van der Waals surface area contributed by atoms with E-state index in [4.69, 9.17) is 0 Å². The van der Waals surface area contributed by atoms with Crippen molar-refractivity contribution >= 4 is 0 Å². The Morgan fingerprint density at radius 2 is 1.93 bits per heavy atom. The molecule has 0 aliphatic rings. The van der Waals surface area contributed by atoms with E-state index in [0.717, 1.165) is 6.07 Å². The van der Waals surface area contributed by atoms with Gasteiger partial charge >= 0.3 is 6.18 Å². The zero-order valence-electron chi connectivity index (χ0n) is 7.57. The molecule has 1 rings (SSSR count). The second-order valence-electron chi connectivity index (χ2n) is 3.03. The molecule has 0 spiro atoms. The summed E-state index contributed by atoms with van der Waals surface area (Å²) in [6.07, 6.45) is -4.98. The third kappa shape index (κ3) is 2.97. The third-order valence-electron chi connectivity index (χ3n) is 1.74. The fourth-order valence-corrected chi connectivity index (χ4v) is 1.13. The van der Waals surface area contributed by atoms with Crippen molar-refractivity contribution in [1.82, 2.24) is 0 Å². The molecule has 15 heavy (non-hydrogen) atoms. The van der Waals surface area contributed by atoms with E-state index < -0.39 is 23.3 Å². The van der Waals surface area contributed by atoms with Crippen LogP contribution in [0.5, 0.6) is 0 Å². The van der Waals surface area contributed by atoms with E-state index in [0.29, 0.717) is 12.1 Å². The van der Waals surface area contributed by atoms with Crippen LogP contribution in [0.2, 0.25) is 0 Å². The number of hydrogen-bond donors (Lipinski definition) is 0. The van der Waals surface area contributed by atoms with Gasteiger partial charge in [0, 0.05) is 0 Å². The number of benzene rings is 1. The first-order valence-electron chi connectivity index (χ1n) is 4.01. The average molecular weight is 219 g/mol. The summed E-state index contributed by atoms with van der Waals surface area (Å²) in [5, 5.41) is 10.6. The lowest BCUT2D eigenvalue weighted by atomic mass is 10.1. The van der Waals surface area contributed by atoms with Gasteiger partial charge in [-0.2, -0.15) is 13.2 Å². The number of rotatable bonds is 2. The van der Waals surface area contributed by atoms with E-state index in [2.05, 4.69) is 6.58 Å². The van der Waals surface area contributed by atoms with Gasteiger partial charge in [0.1, 0.15) is 5.82 Å². The molecule has 0 N–H and O–H groups in total. The van der Waals surface area contributed by atoms with Gasteiger partial charge in [-0.25, -0.2) is 4.39 Å². The van der Waals surface area contributed by atoms with Gasteiger partial charge < -0.3 is 5.11 Å². The quantitative estimate of drug-likeness (QED) is 0.552. The van der Waals surface area contributed by atoms with Crippen molar-refractivity contribution in [2.75, 3.05) is 0 Å². The highest BCUT2D eigenvalue weighted by molar-refractivity contribution is 5.28. The molecule has 82 valence electrons. The molecular weight excluding hydrogens is 212 g/mol. The maximum Gasteiger partial charge on any atom is 0.419 e. The number of allylic oxidation sites excluding steroid dienone is 1. The first kappa shape index (κ1) is 11.6. The number of hydrogen-bond acceptors (Lipinski definition) is 1. The van der Waals surface area contributed by atoms with Crippen LogP contribution in [-0.2, 0) is 12.6 Å². The van der Waals surface area contributed by atoms with Crippen LogP contribution in [0, 0.1) is 5.82 Å². The molecule has 0 atom stereocenters. The van der Waals surface area contributed by atoms with Gasteiger partial charge in [-0.15, -0.1) is 12.3 Å². The standard InChI is InChI=1S/C10H8F4O/c1-6(15)4-7-2-3-9(11)8(5-7)10(12,13)14/h2-3,5,15H,1,4H2/p-1. The van der Waals surface area contributed by atoms with Gasteiger partial charge in [0.15, 0.2) is 0 Å². The second kappa shape index (κ2) is 3.92. The van der Waals surface area contributed by atoms with Crippen molar-refractivity contribution in [2.24, 2.45) is 0 Å². The third-order valence-corrected chi connectivity index (χ3v) is 1.74. The summed E-state index contributed by atoms with van der Waals surface area (Å²) in [6.45, 7) is 3.03. The summed E-state index contributed by atoms with van der Waals surface area (Å²) in [7, 11) is 0. The van der Waals surface area contributed by atoms with Crippen LogP contribution in [0.1, 0.15) is 11.1 Å². The van der Waals surface area contributed by atoms with E-state index in [1.165, 1.54) is 0 Å². The Balaban J connectivity index is 3.11. The van der Waals surface area contributed by atoms with E-state index >= 15 is 0 Å². The molecule has 0 aromatic heterocycles. The Bertz CT molecular complexity index is 381. The van der Waals surface area contributed by atoms with Crippen LogP contribution in [-0.4, -0.2) is 0 Å². The lowest BCUT2D eigenvalue weighted by molar-refractivity contribution is -0.304. The van der Waals surface area contributed by atoms with Crippen molar-refractivity contribution in [3.63, 3.8) is 0 Å². The fraction of sp³-hybridized carbons (Fsp3) is 0.200. The van der Waals surface area contributed by atoms with Crippen molar-refractivity contribution in [2.45, 2.75) is 12.6 Å². The molecule has 5 heteroatoms. The Morgan fingerprint density at radius 1 is 1.33 bits per heavy atom. The highest BCUT2D eigenvalue weighted by atomic mass is 19.4. The molecule has 0 heterocycles. The van der Waals surface area contributed by atoms with Crippen LogP contribution < -0.4 is 5.11 Å². The van der Waals surface area contributed by atoms with Gasteiger partial charge in [-0.05, 0) is 24.1 Å². The van der Waals surface area contributed by atoms with Crippen molar-refractivity contribution in [3.05, 3.63) is 47.5 Å². The molecule has 0 bridgehead atoms. The summed E-state index contributed by atoms with van der Waals surface area (Å²) in [5.41, 5.74) is -1.26.